The van der Waals surface area contributed by atoms with E-state index in [-0.39, 0.29) is 5.91 Å². The number of aromatic nitrogens is 2. The molecule has 0 saturated heterocycles. The van der Waals surface area contributed by atoms with Crippen molar-refractivity contribution in [2.24, 2.45) is 0 Å². The van der Waals surface area contributed by atoms with Crippen molar-refractivity contribution in [3.8, 4) is 0 Å². The van der Waals surface area contributed by atoms with Crippen molar-refractivity contribution in [1.82, 2.24) is 19.2 Å². The Bertz CT molecular complexity index is 961. The van der Waals surface area contributed by atoms with Gasteiger partial charge in [0, 0.05) is 39.4 Å². The van der Waals surface area contributed by atoms with Gasteiger partial charge in [0.2, 0.25) is 0 Å². The molecule has 3 heterocycles. The summed E-state index contributed by atoms with van der Waals surface area (Å²) in [5.41, 5.74) is 3.44. The summed E-state index contributed by atoms with van der Waals surface area (Å²) in [5.74, 6) is -0.0369. The number of nitrogens with zero attached hydrogens (tertiary/aromatic N) is 4. The normalized spacial score (nSPS) is 14.6. The van der Waals surface area contributed by atoms with Crippen LogP contribution in [-0.4, -0.2) is 45.2 Å². The molecule has 1 aliphatic heterocycles. The zero-order chi connectivity index (χ0) is 18.6. The fourth-order valence-corrected chi connectivity index (χ4v) is 3.52. The topological polar surface area (TPSA) is 40.9 Å². The largest absolute Gasteiger partial charge is 0.336 e. The maximum absolute atomic E-state index is 13.2. The van der Waals surface area contributed by atoms with Gasteiger partial charge in [0.05, 0.1) is 5.69 Å². The lowest BCUT2D eigenvalue weighted by Gasteiger charge is -2.23. The molecule has 0 aliphatic carbocycles. The lowest BCUT2D eigenvalue weighted by Crippen LogP contribution is -2.31. The van der Waals surface area contributed by atoms with Gasteiger partial charge in [-0.25, -0.2) is 4.98 Å². The highest BCUT2D eigenvalue weighted by Gasteiger charge is 2.23. The number of fused-ring (bicyclic) bond motifs is 1. The molecule has 0 bridgehead atoms. The van der Waals surface area contributed by atoms with Gasteiger partial charge in [-0.2, -0.15) is 0 Å². The predicted molar refractivity (Wildman–Crippen MR) is 106 cm³/mol. The molecule has 5 heteroatoms. The Morgan fingerprint density at radius 3 is 2.70 bits per heavy atom. The first-order chi connectivity index (χ1) is 13.2. The molecule has 5 nitrogen and oxygen atoms in total. The van der Waals surface area contributed by atoms with Gasteiger partial charge in [-0.05, 0) is 24.1 Å². The van der Waals surface area contributed by atoms with Crippen molar-refractivity contribution < 1.29 is 4.79 Å². The van der Waals surface area contributed by atoms with E-state index in [4.69, 9.17) is 0 Å². The predicted octanol–water partition coefficient (Wildman–Crippen LogP) is 3.37. The lowest BCUT2D eigenvalue weighted by atomic mass is 10.2. The number of hydrogen-bond acceptors (Lipinski definition) is 3. The van der Waals surface area contributed by atoms with Crippen molar-refractivity contribution >= 4 is 11.6 Å². The molecule has 138 valence electrons. The van der Waals surface area contributed by atoms with E-state index < -0.39 is 0 Å². The zero-order valence-corrected chi connectivity index (χ0v) is 15.6. The third-order valence-corrected chi connectivity index (χ3v) is 4.96. The highest BCUT2D eigenvalue weighted by Crippen LogP contribution is 2.19. The number of benzene rings is 1. The Morgan fingerprint density at radius 2 is 1.93 bits per heavy atom. The van der Waals surface area contributed by atoms with Crippen LogP contribution in [0.25, 0.3) is 5.65 Å². The fraction of sp³-hybridized carbons (Fsp3) is 0.273. The van der Waals surface area contributed by atoms with E-state index in [2.05, 4.69) is 22.0 Å². The summed E-state index contributed by atoms with van der Waals surface area (Å²) in [6, 6.07) is 15.9. The number of rotatable bonds is 5. The van der Waals surface area contributed by atoms with Crippen molar-refractivity contribution in [2.45, 2.75) is 19.5 Å². The van der Waals surface area contributed by atoms with E-state index in [1.165, 1.54) is 0 Å². The second kappa shape index (κ2) is 7.76. The van der Waals surface area contributed by atoms with Gasteiger partial charge in [0.1, 0.15) is 5.65 Å². The number of carbonyl (C=O) groups excluding carboxylic acids is 1. The first-order valence-electron chi connectivity index (χ1n) is 9.35. The molecule has 0 N–H and O–H groups in total. The minimum atomic E-state index is -0.0369. The van der Waals surface area contributed by atoms with Crippen LogP contribution in [0.4, 0.5) is 0 Å². The summed E-state index contributed by atoms with van der Waals surface area (Å²) >= 11 is 0. The van der Waals surface area contributed by atoms with Crippen LogP contribution >= 0.6 is 0 Å². The van der Waals surface area contributed by atoms with Crippen molar-refractivity contribution in [1.29, 1.82) is 0 Å². The van der Waals surface area contributed by atoms with Crippen LogP contribution in [0.15, 0.2) is 66.9 Å². The maximum Gasteiger partial charge on any atom is 0.274 e. The summed E-state index contributed by atoms with van der Waals surface area (Å²) in [6.45, 7) is 3.20. The second-order valence-corrected chi connectivity index (χ2v) is 6.98. The van der Waals surface area contributed by atoms with Crippen molar-refractivity contribution in [3.63, 3.8) is 0 Å². The molecule has 4 rings (SSSR count). The monoisotopic (exact) mass is 360 g/mol. The SMILES string of the molecule is CN(Cc1ccccc1)C(=O)c1nc2ccccn2c1CN1CC=CCC1. The molecule has 27 heavy (non-hydrogen) atoms. The van der Waals surface area contributed by atoms with Crippen molar-refractivity contribution in [2.75, 3.05) is 20.1 Å². The lowest BCUT2D eigenvalue weighted by molar-refractivity contribution is 0.0777. The first kappa shape index (κ1) is 17.5. The smallest absolute Gasteiger partial charge is 0.274 e. The summed E-state index contributed by atoms with van der Waals surface area (Å²) in [5, 5.41) is 0. The summed E-state index contributed by atoms with van der Waals surface area (Å²) in [6.07, 6.45) is 7.44. The molecule has 0 fully saturated rings. The Labute approximate surface area is 159 Å². The molecule has 0 unspecified atom stereocenters. The average molecular weight is 360 g/mol. The number of carbonyl (C=O) groups is 1. The van der Waals surface area contributed by atoms with Gasteiger partial charge in [-0.3, -0.25) is 9.69 Å². The summed E-state index contributed by atoms with van der Waals surface area (Å²) in [7, 11) is 1.84. The minimum absolute atomic E-state index is 0.0369. The van der Waals surface area contributed by atoms with E-state index in [1.807, 2.05) is 66.2 Å². The highest BCUT2D eigenvalue weighted by atomic mass is 16.2. The standard InChI is InChI=1S/C22H24N4O/c1-24(16-18-10-4-2-5-11-18)22(27)21-19(17-25-13-7-3-8-14-25)26-15-9-6-12-20(26)23-21/h2-7,9-12,15H,8,13-14,16-17H2,1H3. The minimum Gasteiger partial charge on any atom is -0.336 e. The Balaban J connectivity index is 1.64. The molecule has 0 spiro atoms. The van der Waals surface area contributed by atoms with Gasteiger partial charge in [0.15, 0.2) is 5.69 Å². The molecule has 1 aliphatic rings. The molecular weight excluding hydrogens is 336 g/mol. The quantitative estimate of drug-likeness (QED) is 0.655. The molecule has 1 aromatic carbocycles. The first-order valence-corrected chi connectivity index (χ1v) is 9.35. The second-order valence-electron chi connectivity index (χ2n) is 6.98. The van der Waals surface area contributed by atoms with Crippen LogP contribution in [0.2, 0.25) is 0 Å². The van der Waals surface area contributed by atoms with Crippen molar-refractivity contribution in [3.05, 3.63) is 83.8 Å². The number of imidazole rings is 1. The van der Waals surface area contributed by atoms with E-state index in [0.29, 0.717) is 12.2 Å². The van der Waals surface area contributed by atoms with Crippen LogP contribution in [0.5, 0.6) is 0 Å². The van der Waals surface area contributed by atoms with Crippen LogP contribution in [0, 0.1) is 0 Å². The Kier molecular flexibility index (Phi) is 5.03. The van der Waals surface area contributed by atoms with E-state index in [0.717, 1.165) is 43.0 Å². The molecule has 0 radical (unpaired) electrons. The number of pyridine rings is 1. The van der Waals surface area contributed by atoms with Gasteiger partial charge in [0.25, 0.3) is 5.91 Å². The maximum atomic E-state index is 13.2. The van der Waals surface area contributed by atoms with Crippen LogP contribution in [0.3, 0.4) is 0 Å². The number of hydrogen-bond donors (Lipinski definition) is 0. The molecular formula is C22H24N4O. The van der Waals surface area contributed by atoms with E-state index >= 15 is 0 Å². The fourth-order valence-electron chi connectivity index (χ4n) is 3.52. The van der Waals surface area contributed by atoms with Gasteiger partial charge >= 0.3 is 0 Å². The molecule has 0 atom stereocenters. The van der Waals surface area contributed by atoms with E-state index in [9.17, 15) is 4.79 Å². The summed E-state index contributed by atoms with van der Waals surface area (Å²) < 4.78 is 2.04. The van der Waals surface area contributed by atoms with Gasteiger partial charge in [-0.15, -0.1) is 0 Å². The molecule has 2 aromatic heterocycles. The van der Waals surface area contributed by atoms with Gasteiger partial charge in [-0.1, -0.05) is 48.6 Å². The molecule has 1 amide bonds. The van der Waals surface area contributed by atoms with Crippen LogP contribution < -0.4 is 0 Å². The third kappa shape index (κ3) is 3.78. The molecule has 3 aromatic rings. The zero-order valence-electron chi connectivity index (χ0n) is 15.6. The van der Waals surface area contributed by atoms with Crippen LogP contribution in [-0.2, 0) is 13.1 Å². The summed E-state index contributed by atoms with van der Waals surface area (Å²) in [4.78, 5) is 22.0. The Morgan fingerprint density at radius 1 is 1.11 bits per heavy atom. The number of amides is 1. The molecule has 0 saturated carbocycles. The Hall–Kier alpha value is -2.92. The third-order valence-electron chi connectivity index (χ3n) is 4.96. The average Bonchev–Trinajstić information content (AvgIpc) is 3.07. The van der Waals surface area contributed by atoms with Crippen LogP contribution in [0.1, 0.15) is 28.2 Å². The highest BCUT2D eigenvalue weighted by molar-refractivity contribution is 5.94. The van der Waals surface area contributed by atoms with E-state index in [1.54, 1.807) is 4.90 Å². The van der Waals surface area contributed by atoms with Gasteiger partial charge < -0.3 is 9.30 Å².